The van der Waals surface area contributed by atoms with Gasteiger partial charge in [0.25, 0.3) is 0 Å². The van der Waals surface area contributed by atoms with Gasteiger partial charge in [-0.05, 0) is 48.2 Å². The lowest BCUT2D eigenvalue weighted by Gasteiger charge is -2.33. The molecule has 0 radical (unpaired) electrons. The Balaban J connectivity index is 1.94. The number of hydrogen-bond donors (Lipinski definition) is 1. The second-order valence-electron chi connectivity index (χ2n) is 7.88. The zero-order chi connectivity index (χ0) is 22.2. The van der Waals surface area contributed by atoms with E-state index in [0.717, 1.165) is 31.2 Å². The third kappa shape index (κ3) is 6.68. The van der Waals surface area contributed by atoms with Gasteiger partial charge >= 0.3 is 0 Å². The van der Waals surface area contributed by atoms with Gasteiger partial charge in [-0.15, -0.1) is 11.6 Å². The molecular formula is C24H27Cl2FN2O2. The molecule has 4 nitrogen and oxygen atoms in total. The predicted octanol–water partition coefficient (Wildman–Crippen LogP) is 5.63. The summed E-state index contributed by atoms with van der Waals surface area (Å²) in [7, 11) is 0. The number of benzene rings is 2. The zero-order valence-electron chi connectivity index (χ0n) is 17.3. The van der Waals surface area contributed by atoms with Crippen LogP contribution in [0.2, 0.25) is 5.02 Å². The van der Waals surface area contributed by atoms with Crippen LogP contribution >= 0.6 is 23.2 Å². The molecule has 1 aliphatic carbocycles. The van der Waals surface area contributed by atoms with Crippen molar-refractivity contribution in [2.75, 3.05) is 5.88 Å². The monoisotopic (exact) mass is 464 g/mol. The van der Waals surface area contributed by atoms with E-state index in [9.17, 15) is 14.0 Å². The van der Waals surface area contributed by atoms with Crippen LogP contribution in [0.25, 0.3) is 0 Å². The fourth-order valence-corrected chi connectivity index (χ4v) is 4.27. The number of carbonyl (C=O) groups excluding carboxylic acids is 2. The summed E-state index contributed by atoms with van der Waals surface area (Å²) in [6.45, 7) is 0.168. The maximum atomic E-state index is 13.5. The minimum atomic E-state index is -0.833. The first-order chi connectivity index (χ1) is 15.0. The SMILES string of the molecule is O=C(NC1CCCCC1)[C@@H](c1ccc(Cl)cc1)N(Cc1ccc(F)cc1)C(=O)CCCl. The van der Waals surface area contributed by atoms with E-state index in [1.54, 1.807) is 36.4 Å². The van der Waals surface area contributed by atoms with E-state index >= 15 is 0 Å². The first kappa shape index (κ1) is 23.6. The van der Waals surface area contributed by atoms with Crippen molar-refractivity contribution in [3.63, 3.8) is 0 Å². The van der Waals surface area contributed by atoms with Crippen molar-refractivity contribution in [1.82, 2.24) is 10.2 Å². The molecule has 166 valence electrons. The van der Waals surface area contributed by atoms with Crippen LogP contribution in [-0.4, -0.2) is 28.6 Å². The second kappa shape index (κ2) is 11.5. The summed E-state index contributed by atoms with van der Waals surface area (Å²) in [4.78, 5) is 28.0. The first-order valence-corrected chi connectivity index (χ1v) is 11.5. The molecule has 1 N–H and O–H groups in total. The molecule has 0 aromatic heterocycles. The molecule has 31 heavy (non-hydrogen) atoms. The van der Waals surface area contributed by atoms with E-state index in [4.69, 9.17) is 23.2 Å². The number of alkyl halides is 1. The largest absolute Gasteiger partial charge is 0.351 e. The summed E-state index contributed by atoms with van der Waals surface area (Å²) in [5, 5.41) is 3.69. The van der Waals surface area contributed by atoms with Gasteiger partial charge in [0.2, 0.25) is 11.8 Å². The topological polar surface area (TPSA) is 49.4 Å². The van der Waals surface area contributed by atoms with E-state index in [0.29, 0.717) is 10.6 Å². The fourth-order valence-electron chi connectivity index (χ4n) is 3.98. The van der Waals surface area contributed by atoms with Crippen LogP contribution in [0.5, 0.6) is 0 Å². The minimum Gasteiger partial charge on any atom is -0.351 e. The molecule has 0 bridgehead atoms. The highest BCUT2D eigenvalue weighted by Crippen LogP contribution is 2.27. The Morgan fingerprint density at radius 1 is 1.03 bits per heavy atom. The normalized spacial score (nSPS) is 15.3. The third-order valence-corrected chi connectivity index (χ3v) is 6.03. The van der Waals surface area contributed by atoms with Gasteiger partial charge in [-0.1, -0.05) is 55.1 Å². The van der Waals surface area contributed by atoms with Crippen LogP contribution < -0.4 is 5.32 Å². The maximum absolute atomic E-state index is 13.5. The van der Waals surface area contributed by atoms with E-state index in [1.165, 1.54) is 23.5 Å². The van der Waals surface area contributed by atoms with Gasteiger partial charge in [-0.2, -0.15) is 0 Å². The molecule has 1 aliphatic rings. The number of nitrogens with one attached hydrogen (secondary N) is 1. The van der Waals surface area contributed by atoms with E-state index in [2.05, 4.69) is 5.32 Å². The Hall–Kier alpha value is -2.11. The first-order valence-electron chi connectivity index (χ1n) is 10.6. The molecule has 1 atom stereocenters. The number of nitrogens with zero attached hydrogens (tertiary/aromatic N) is 1. The molecule has 0 spiro atoms. The number of carbonyl (C=O) groups is 2. The quantitative estimate of drug-likeness (QED) is 0.514. The lowest BCUT2D eigenvalue weighted by atomic mass is 9.94. The van der Waals surface area contributed by atoms with Crippen molar-refractivity contribution in [2.24, 2.45) is 0 Å². The highest BCUT2D eigenvalue weighted by atomic mass is 35.5. The maximum Gasteiger partial charge on any atom is 0.247 e. The average molecular weight is 465 g/mol. The summed E-state index contributed by atoms with van der Waals surface area (Å²) in [5.41, 5.74) is 1.40. The smallest absolute Gasteiger partial charge is 0.247 e. The number of halogens is 3. The van der Waals surface area contributed by atoms with Gasteiger partial charge in [0.1, 0.15) is 11.9 Å². The van der Waals surface area contributed by atoms with Gasteiger partial charge in [0.05, 0.1) is 0 Å². The minimum absolute atomic E-state index is 0.101. The predicted molar refractivity (Wildman–Crippen MR) is 121 cm³/mol. The number of rotatable bonds is 8. The Kier molecular flexibility index (Phi) is 8.73. The molecule has 7 heteroatoms. The summed E-state index contributed by atoms with van der Waals surface area (Å²) >= 11 is 11.9. The average Bonchev–Trinajstić information content (AvgIpc) is 2.77. The van der Waals surface area contributed by atoms with Crippen molar-refractivity contribution in [2.45, 2.75) is 57.2 Å². The van der Waals surface area contributed by atoms with Crippen LogP contribution in [-0.2, 0) is 16.1 Å². The van der Waals surface area contributed by atoms with Gasteiger partial charge in [0, 0.05) is 29.9 Å². The lowest BCUT2D eigenvalue weighted by molar-refractivity contribution is -0.141. The molecule has 3 rings (SSSR count). The summed E-state index contributed by atoms with van der Waals surface area (Å²) in [6, 6.07) is 12.1. The van der Waals surface area contributed by atoms with Crippen molar-refractivity contribution in [3.8, 4) is 0 Å². The van der Waals surface area contributed by atoms with E-state index in [-0.39, 0.29) is 42.5 Å². The van der Waals surface area contributed by atoms with Crippen molar-refractivity contribution >= 4 is 35.0 Å². The zero-order valence-corrected chi connectivity index (χ0v) is 18.8. The summed E-state index contributed by atoms with van der Waals surface area (Å²) < 4.78 is 13.4. The second-order valence-corrected chi connectivity index (χ2v) is 8.70. The fraction of sp³-hybridized carbons (Fsp3) is 0.417. The molecule has 2 aromatic rings. The summed E-state index contributed by atoms with van der Waals surface area (Å²) in [6.07, 6.45) is 5.32. The van der Waals surface area contributed by atoms with Gasteiger partial charge in [0.15, 0.2) is 0 Å². The van der Waals surface area contributed by atoms with Crippen LogP contribution in [0.15, 0.2) is 48.5 Å². The molecule has 1 saturated carbocycles. The van der Waals surface area contributed by atoms with Gasteiger partial charge < -0.3 is 10.2 Å². The van der Waals surface area contributed by atoms with Crippen molar-refractivity contribution in [1.29, 1.82) is 0 Å². The van der Waals surface area contributed by atoms with Crippen LogP contribution in [0, 0.1) is 5.82 Å². The molecule has 0 saturated heterocycles. The molecule has 2 aromatic carbocycles. The van der Waals surface area contributed by atoms with Crippen molar-refractivity contribution in [3.05, 3.63) is 70.5 Å². The Bertz CT molecular complexity index is 868. The molecule has 0 unspecified atom stereocenters. The Morgan fingerprint density at radius 3 is 2.29 bits per heavy atom. The third-order valence-electron chi connectivity index (χ3n) is 5.59. The molecule has 0 heterocycles. The molecule has 2 amide bonds. The van der Waals surface area contributed by atoms with Crippen LogP contribution in [0.3, 0.4) is 0 Å². The summed E-state index contributed by atoms with van der Waals surface area (Å²) in [5.74, 6) is -0.667. The Labute approximate surface area is 192 Å². The molecule has 1 fully saturated rings. The molecule has 0 aliphatic heterocycles. The number of hydrogen-bond acceptors (Lipinski definition) is 2. The van der Waals surface area contributed by atoms with E-state index < -0.39 is 6.04 Å². The van der Waals surface area contributed by atoms with E-state index in [1.807, 2.05) is 0 Å². The standard InChI is InChI=1S/C24H27Cl2FN2O2/c25-15-14-22(30)29(16-17-6-12-20(27)13-7-17)23(18-8-10-19(26)11-9-18)24(31)28-21-4-2-1-3-5-21/h6-13,21,23H,1-5,14-16H2,(H,28,31)/t23-/m1/s1. The highest BCUT2D eigenvalue weighted by Gasteiger charge is 2.32. The number of amides is 2. The van der Waals surface area contributed by atoms with Crippen LogP contribution in [0.4, 0.5) is 4.39 Å². The lowest BCUT2D eigenvalue weighted by Crippen LogP contribution is -2.46. The van der Waals surface area contributed by atoms with Crippen LogP contribution in [0.1, 0.15) is 55.7 Å². The highest BCUT2D eigenvalue weighted by molar-refractivity contribution is 6.30. The van der Waals surface area contributed by atoms with Gasteiger partial charge in [-0.25, -0.2) is 4.39 Å². The van der Waals surface area contributed by atoms with Crippen molar-refractivity contribution < 1.29 is 14.0 Å². The molecular weight excluding hydrogens is 438 g/mol. The van der Waals surface area contributed by atoms with Gasteiger partial charge in [-0.3, -0.25) is 9.59 Å². The Morgan fingerprint density at radius 2 is 1.68 bits per heavy atom.